The summed E-state index contributed by atoms with van der Waals surface area (Å²) in [7, 11) is 0. The Bertz CT molecular complexity index is 4310. The standard InChI is InChI=1S/C71H55N/c1-69(2,3)71(70(4,5)6)61-43-59(50-26-11-13-28-52(50)66(61)67-53-29-14-10-24-48(53)49-25-12-19-34-58(49)68(67)71)44-36-38-45(39-37-44)64-54-30-15-17-32-56(54)65(57-33-18-16-31-55(57)64)46-40-41-63-60(42-46)51-27-20-21-35-62(51)72(63)47-22-8-7-9-23-47/h7-43H,1-6H3. The summed E-state index contributed by atoms with van der Waals surface area (Å²) in [4.78, 5) is 0. The number of benzene rings is 12. The quantitative estimate of drug-likeness (QED) is 0.122. The molecular formula is C71H55N. The van der Waals surface area contributed by atoms with E-state index < -0.39 is 0 Å². The largest absolute Gasteiger partial charge is 0.309 e. The first-order valence-corrected chi connectivity index (χ1v) is 25.7. The summed E-state index contributed by atoms with van der Waals surface area (Å²) in [6.45, 7) is 14.9. The maximum absolute atomic E-state index is 2.61. The van der Waals surface area contributed by atoms with Crippen LogP contribution >= 0.6 is 0 Å². The summed E-state index contributed by atoms with van der Waals surface area (Å²) < 4.78 is 2.40. The van der Waals surface area contributed by atoms with E-state index in [1.54, 1.807) is 0 Å². The first-order valence-electron chi connectivity index (χ1n) is 25.7. The Balaban J connectivity index is 0.976. The van der Waals surface area contributed by atoms with Crippen LogP contribution in [0.15, 0.2) is 224 Å². The van der Waals surface area contributed by atoms with Gasteiger partial charge in [-0.15, -0.1) is 0 Å². The molecule has 0 amide bonds. The van der Waals surface area contributed by atoms with Crippen molar-refractivity contribution in [1.29, 1.82) is 0 Å². The minimum atomic E-state index is -0.323. The van der Waals surface area contributed by atoms with Crippen LogP contribution in [0.4, 0.5) is 0 Å². The van der Waals surface area contributed by atoms with Crippen LogP contribution in [-0.2, 0) is 5.41 Å². The van der Waals surface area contributed by atoms with Crippen molar-refractivity contribution in [2.24, 2.45) is 10.8 Å². The first kappa shape index (κ1) is 42.6. The lowest BCUT2D eigenvalue weighted by molar-refractivity contribution is 0.0965. The summed E-state index contributed by atoms with van der Waals surface area (Å²) in [6, 6.07) is 84.4. The fourth-order valence-electron chi connectivity index (χ4n) is 14.3. The Morgan fingerprint density at radius 1 is 0.292 bits per heavy atom. The van der Waals surface area contributed by atoms with Crippen LogP contribution in [0.2, 0.25) is 0 Å². The summed E-state index contributed by atoms with van der Waals surface area (Å²) in [5.41, 5.74) is 16.2. The molecule has 0 N–H and O–H groups in total. The predicted molar refractivity (Wildman–Crippen MR) is 310 cm³/mol. The minimum absolute atomic E-state index is 0.138. The van der Waals surface area contributed by atoms with Crippen LogP contribution in [0.1, 0.15) is 52.7 Å². The van der Waals surface area contributed by atoms with Crippen molar-refractivity contribution >= 4 is 75.7 Å². The fourth-order valence-corrected chi connectivity index (χ4v) is 14.3. The van der Waals surface area contributed by atoms with Gasteiger partial charge in [0, 0.05) is 21.9 Å². The van der Waals surface area contributed by atoms with E-state index >= 15 is 0 Å². The normalized spacial score (nSPS) is 13.5. The average molecular weight is 922 g/mol. The number of nitrogens with zero attached hydrogens (tertiary/aromatic N) is 1. The van der Waals surface area contributed by atoms with Gasteiger partial charge >= 0.3 is 0 Å². The number of fused-ring (bicyclic) bond motifs is 15. The summed E-state index contributed by atoms with van der Waals surface area (Å²) in [5.74, 6) is 0. The number of aromatic nitrogens is 1. The molecule has 12 aromatic carbocycles. The zero-order valence-corrected chi connectivity index (χ0v) is 41.8. The van der Waals surface area contributed by atoms with E-state index in [0.717, 1.165) is 0 Å². The molecule has 1 aromatic heterocycles. The van der Waals surface area contributed by atoms with Gasteiger partial charge in [-0.1, -0.05) is 230 Å². The Labute approximate surface area is 421 Å². The molecule has 14 rings (SSSR count). The monoisotopic (exact) mass is 921 g/mol. The van der Waals surface area contributed by atoms with E-state index in [0.29, 0.717) is 0 Å². The van der Waals surface area contributed by atoms with E-state index in [1.165, 1.54) is 137 Å². The predicted octanol–water partition coefficient (Wildman–Crippen LogP) is 19.9. The molecule has 0 unspecified atom stereocenters. The van der Waals surface area contributed by atoms with Gasteiger partial charge in [0.25, 0.3) is 0 Å². The lowest BCUT2D eigenvalue weighted by atomic mass is 9.49. The van der Waals surface area contributed by atoms with E-state index in [2.05, 4.69) is 271 Å². The smallest absolute Gasteiger partial charge is 0.0541 e. The third-order valence-electron chi connectivity index (χ3n) is 16.6. The van der Waals surface area contributed by atoms with Crippen molar-refractivity contribution in [2.45, 2.75) is 47.0 Å². The zero-order chi connectivity index (χ0) is 48.7. The van der Waals surface area contributed by atoms with E-state index in [4.69, 9.17) is 0 Å². The van der Waals surface area contributed by atoms with Crippen LogP contribution < -0.4 is 0 Å². The van der Waals surface area contributed by atoms with Gasteiger partial charge in [0.1, 0.15) is 0 Å². The third-order valence-corrected chi connectivity index (χ3v) is 16.6. The van der Waals surface area contributed by atoms with Gasteiger partial charge in [0.2, 0.25) is 0 Å². The average Bonchev–Trinajstić information content (AvgIpc) is 3.92. The van der Waals surface area contributed by atoms with Gasteiger partial charge < -0.3 is 4.57 Å². The molecule has 0 fully saturated rings. The molecule has 1 heterocycles. The zero-order valence-electron chi connectivity index (χ0n) is 41.8. The van der Waals surface area contributed by atoms with Gasteiger partial charge in [-0.25, -0.2) is 0 Å². The Kier molecular flexibility index (Phi) is 9.09. The highest BCUT2D eigenvalue weighted by Crippen LogP contribution is 2.68. The lowest BCUT2D eigenvalue weighted by Gasteiger charge is -2.53. The van der Waals surface area contributed by atoms with Crippen LogP contribution in [-0.4, -0.2) is 4.57 Å². The molecule has 1 aliphatic carbocycles. The molecule has 344 valence electrons. The van der Waals surface area contributed by atoms with Gasteiger partial charge in [-0.2, -0.15) is 0 Å². The van der Waals surface area contributed by atoms with Gasteiger partial charge in [-0.3, -0.25) is 0 Å². The summed E-state index contributed by atoms with van der Waals surface area (Å²) in [5, 5.41) is 15.5. The Morgan fingerprint density at radius 2 is 0.694 bits per heavy atom. The number of hydrogen-bond acceptors (Lipinski definition) is 0. The van der Waals surface area contributed by atoms with Crippen LogP contribution in [0, 0.1) is 10.8 Å². The number of rotatable bonds is 4. The SMILES string of the molecule is CC(C)(C)C1(C(C)(C)C)c2cc(-c3ccc(-c4c5ccccc5c(-c5ccc6c(c5)c5ccccc5n6-c5ccccc5)c5ccccc45)cc3)c3ccccc3c2-c2c1c1ccccc1c1ccccc21. The molecule has 1 heteroatoms. The van der Waals surface area contributed by atoms with Gasteiger partial charge in [0.05, 0.1) is 11.0 Å². The molecule has 0 aliphatic heterocycles. The van der Waals surface area contributed by atoms with Crippen LogP contribution in [0.5, 0.6) is 0 Å². The fraction of sp³-hybridized carbons (Fsp3) is 0.127. The van der Waals surface area contributed by atoms with Crippen molar-refractivity contribution in [3.05, 3.63) is 236 Å². The van der Waals surface area contributed by atoms with Crippen LogP contribution in [0.3, 0.4) is 0 Å². The Morgan fingerprint density at radius 3 is 1.26 bits per heavy atom. The number of hydrogen-bond donors (Lipinski definition) is 0. The molecule has 0 saturated carbocycles. The molecule has 0 radical (unpaired) electrons. The van der Waals surface area contributed by atoms with Crippen molar-refractivity contribution in [1.82, 2.24) is 4.57 Å². The Hall–Kier alpha value is -8.26. The van der Waals surface area contributed by atoms with Crippen molar-refractivity contribution in [3.63, 3.8) is 0 Å². The highest BCUT2D eigenvalue weighted by molar-refractivity contribution is 6.24. The van der Waals surface area contributed by atoms with E-state index in [9.17, 15) is 0 Å². The second kappa shape index (κ2) is 15.4. The minimum Gasteiger partial charge on any atom is -0.309 e. The molecule has 0 bridgehead atoms. The lowest BCUT2D eigenvalue weighted by Crippen LogP contribution is -2.50. The highest BCUT2D eigenvalue weighted by atomic mass is 15.0. The molecule has 1 nitrogen and oxygen atoms in total. The highest BCUT2D eigenvalue weighted by Gasteiger charge is 2.59. The molecule has 0 spiro atoms. The maximum Gasteiger partial charge on any atom is 0.0541 e. The molecule has 72 heavy (non-hydrogen) atoms. The molecular weight excluding hydrogens is 867 g/mol. The number of para-hydroxylation sites is 2. The molecule has 0 atom stereocenters. The van der Waals surface area contributed by atoms with E-state index in [1.807, 2.05) is 0 Å². The topological polar surface area (TPSA) is 4.93 Å². The molecule has 0 saturated heterocycles. The second-order valence-corrected chi connectivity index (χ2v) is 22.3. The van der Waals surface area contributed by atoms with Crippen molar-refractivity contribution in [2.75, 3.05) is 0 Å². The molecule has 1 aliphatic rings. The first-order chi connectivity index (χ1) is 35.0. The summed E-state index contributed by atoms with van der Waals surface area (Å²) in [6.07, 6.45) is 0. The van der Waals surface area contributed by atoms with Crippen molar-refractivity contribution < 1.29 is 0 Å². The van der Waals surface area contributed by atoms with Gasteiger partial charge in [0.15, 0.2) is 0 Å². The van der Waals surface area contributed by atoms with Crippen LogP contribution in [0.25, 0.3) is 126 Å². The van der Waals surface area contributed by atoms with E-state index in [-0.39, 0.29) is 16.2 Å². The molecule has 13 aromatic rings. The maximum atomic E-state index is 2.61. The van der Waals surface area contributed by atoms with Gasteiger partial charge in [-0.05, 0) is 157 Å². The third kappa shape index (κ3) is 5.77. The van der Waals surface area contributed by atoms with Crippen molar-refractivity contribution in [3.8, 4) is 50.2 Å². The summed E-state index contributed by atoms with van der Waals surface area (Å²) >= 11 is 0. The second-order valence-electron chi connectivity index (χ2n) is 22.3.